The number of nitrogen functional groups attached to an aromatic ring is 1. The maximum absolute atomic E-state index is 13.9. The van der Waals surface area contributed by atoms with Crippen molar-refractivity contribution < 1.29 is 27.7 Å². The van der Waals surface area contributed by atoms with Gasteiger partial charge in [-0.2, -0.15) is 0 Å². The van der Waals surface area contributed by atoms with Gasteiger partial charge in [-0.1, -0.05) is 0 Å². The summed E-state index contributed by atoms with van der Waals surface area (Å²) in [4.78, 5) is 25.0. The van der Waals surface area contributed by atoms with Gasteiger partial charge in [-0.3, -0.25) is 9.36 Å². The number of carbonyl (C=O) groups is 1. The average Bonchev–Trinajstić information content (AvgIpc) is 3.23. The molecule has 0 aliphatic heterocycles. The van der Waals surface area contributed by atoms with Crippen LogP contribution in [0.3, 0.4) is 0 Å². The van der Waals surface area contributed by atoms with E-state index in [1.54, 1.807) is 31.7 Å². The lowest BCUT2D eigenvalue weighted by Gasteiger charge is -2.27. The number of nitrogens with one attached hydrogen (secondary N) is 2. The number of fused-ring (bicyclic) bond motifs is 1. The summed E-state index contributed by atoms with van der Waals surface area (Å²) in [6, 6.07) is 3.91. The highest BCUT2D eigenvalue weighted by Crippen LogP contribution is 2.44. The number of anilines is 1. The van der Waals surface area contributed by atoms with Crippen molar-refractivity contribution >= 4 is 30.4 Å². The van der Waals surface area contributed by atoms with Crippen molar-refractivity contribution in [1.82, 2.24) is 29.9 Å². The van der Waals surface area contributed by atoms with Gasteiger partial charge >= 0.3 is 7.52 Å². The second-order valence-electron chi connectivity index (χ2n) is 8.45. The molecule has 0 spiro atoms. The molecule has 14 heteroatoms. The van der Waals surface area contributed by atoms with Crippen molar-refractivity contribution in [3.63, 3.8) is 0 Å². The van der Waals surface area contributed by atoms with Crippen LogP contribution in [0.5, 0.6) is 5.75 Å². The fourth-order valence-electron chi connectivity index (χ4n) is 3.30. The van der Waals surface area contributed by atoms with Crippen LogP contribution < -0.4 is 20.7 Å². The zero-order valence-corrected chi connectivity index (χ0v) is 21.4. The molecule has 1 amide bonds. The lowest BCUT2D eigenvalue weighted by Crippen LogP contribution is -2.48. The van der Waals surface area contributed by atoms with Crippen LogP contribution in [-0.2, 0) is 25.4 Å². The number of rotatable bonds is 13. The average molecular weight is 524 g/mol. The summed E-state index contributed by atoms with van der Waals surface area (Å²) < 4.78 is 45.7. The Kier molecular flexibility index (Phi) is 9.32. The van der Waals surface area contributed by atoms with Crippen LogP contribution in [0, 0.1) is 5.82 Å². The van der Waals surface area contributed by atoms with Gasteiger partial charge in [-0.05, 0) is 45.0 Å². The molecule has 0 unspecified atom stereocenters. The van der Waals surface area contributed by atoms with E-state index in [0.717, 1.165) is 0 Å². The number of halogens is 1. The molecule has 0 saturated carbocycles. The van der Waals surface area contributed by atoms with Gasteiger partial charge in [0, 0.05) is 13.2 Å². The third-order valence-electron chi connectivity index (χ3n) is 4.91. The van der Waals surface area contributed by atoms with Crippen LogP contribution in [0.15, 0.2) is 36.9 Å². The van der Waals surface area contributed by atoms with Crippen LogP contribution >= 0.6 is 7.52 Å². The van der Waals surface area contributed by atoms with Gasteiger partial charge in [0.05, 0.1) is 25.6 Å². The number of hydrogen-bond acceptors (Lipinski definition) is 9. The molecule has 0 saturated heterocycles. The first-order valence-corrected chi connectivity index (χ1v) is 13.1. The van der Waals surface area contributed by atoms with E-state index in [1.165, 1.54) is 37.7 Å². The van der Waals surface area contributed by atoms with Crippen molar-refractivity contribution in [3.8, 4) is 5.75 Å². The Morgan fingerprint density at radius 3 is 2.58 bits per heavy atom. The summed E-state index contributed by atoms with van der Waals surface area (Å²) in [5.74, 6) is -0.472. The van der Waals surface area contributed by atoms with Gasteiger partial charge in [-0.25, -0.2) is 24.4 Å². The van der Waals surface area contributed by atoms with E-state index in [1.807, 2.05) is 0 Å². The van der Waals surface area contributed by atoms with E-state index in [4.69, 9.17) is 19.7 Å². The monoisotopic (exact) mass is 523 g/mol. The van der Waals surface area contributed by atoms with Crippen LogP contribution in [0.1, 0.15) is 20.8 Å². The summed E-state index contributed by atoms with van der Waals surface area (Å²) in [7, 11) is -2.42. The first-order chi connectivity index (χ1) is 17.1. The number of imidazole rings is 1. The minimum Gasteiger partial charge on any atom is -0.431 e. The number of methoxy groups -OCH3 is 1. The normalized spacial score (nSPS) is 14.9. The second-order valence-corrected chi connectivity index (χ2v) is 10.5. The summed E-state index contributed by atoms with van der Waals surface area (Å²) in [5, 5.41) is 5.53. The molecule has 3 aromatic rings. The number of hydrogen-bond donors (Lipinski definition) is 3. The molecule has 3 rings (SSSR count). The summed E-state index contributed by atoms with van der Waals surface area (Å²) in [5.41, 5.74) is 6.84. The van der Waals surface area contributed by atoms with Gasteiger partial charge in [0.2, 0.25) is 5.91 Å². The summed E-state index contributed by atoms with van der Waals surface area (Å²) in [6.07, 6.45) is 2.06. The molecule has 12 nitrogen and oxygen atoms in total. The minimum atomic E-state index is -3.85. The number of aromatic nitrogens is 4. The second kappa shape index (κ2) is 12.2. The first kappa shape index (κ1) is 27.5. The Bertz CT molecular complexity index is 1210. The number of nitrogens with two attached hydrogens (primary N) is 1. The van der Waals surface area contributed by atoms with E-state index in [9.17, 15) is 13.8 Å². The van der Waals surface area contributed by atoms with Crippen molar-refractivity contribution in [3.05, 3.63) is 42.7 Å². The third-order valence-corrected chi connectivity index (χ3v) is 6.61. The molecule has 2 aromatic heterocycles. The zero-order valence-electron chi connectivity index (χ0n) is 20.6. The predicted molar refractivity (Wildman–Crippen MR) is 132 cm³/mol. The highest BCUT2D eigenvalue weighted by atomic mass is 31.2. The number of carbonyl (C=O) groups excluding carboxylic acids is 1. The molecule has 0 aliphatic rings. The molecule has 196 valence electrons. The fourth-order valence-corrected chi connectivity index (χ4v) is 5.06. The Hall–Kier alpha value is -3.12. The number of ether oxygens (including phenoxy) is 2. The fraction of sp³-hybridized carbons (Fsp3) is 0.455. The summed E-state index contributed by atoms with van der Waals surface area (Å²) in [6.45, 7) is 5.64. The van der Waals surface area contributed by atoms with Gasteiger partial charge in [0.25, 0.3) is 0 Å². The lowest BCUT2D eigenvalue weighted by atomic mass is 10.3. The topological polar surface area (TPSA) is 156 Å². The molecule has 0 fully saturated rings. The Labute approximate surface area is 208 Å². The largest absolute Gasteiger partial charge is 0.431 e. The molecule has 0 aliphatic carbocycles. The highest BCUT2D eigenvalue weighted by molar-refractivity contribution is 7.57. The van der Waals surface area contributed by atoms with Crippen molar-refractivity contribution in [2.45, 2.75) is 45.5 Å². The maximum Gasteiger partial charge on any atom is 0.342 e. The van der Waals surface area contributed by atoms with Gasteiger partial charge in [-0.15, -0.1) is 0 Å². The molecular formula is C22H31FN7O5P. The van der Waals surface area contributed by atoms with Crippen molar-refractivity contribution in [2.75, 3.05) is 25.8 Å². The molecular weight excluding hydrogens is 492 g/mol. The van der Waals surface area contributed by atoms with E-state index < -0.39 is 31.4 Å². The van der Waals surface area contributed by atoms with Crippen molar-refractivity contribution in [2.24, 2.45) is 0 Å². The predicted octanol–water partition coefficient (Wildman–Crippen LogP) is 2.31. The Morgan fingerprint density at radius 1 is 1.19 bits per heavy atom. The molecule has 0 radical (unpaired) electrons. The zero-order chi connectivity index (χ0) is 26.3. The number of benzene rings is 1. The van der Waals surface area contributed by atoms with Crippen LogP contribution in [0.2, 0.25) is 0 Å². The molecule has 36 heavy (non-hydrogen) atoms. The quantitative estimate of drug-likeness (QED) is 0.284. The van der Waals surface area contributed by atoms with Crippen LogP contribution in [0.4, 0.5) is 10.2 Å². The van der Waals surface area contributed by atoms with E-state index in [0.29, 0.717) is 17.7 Å². The number of amides is 1. The highest BCUT2D eigenvalue weighted by Gasteiger charge is 2.33. The number of nitrogens with zero attached hydrogens (tertiary/aromatic N) is 4. The standard InChI is InChI=1S/C22H31FN7O5P/c1-14(2)28-22(31)18(10-33-4)29-36(32,35-17-7-5-16(23)6-8-17)13-34-15(3)9-30-12-27-19-20(24)25-11-26-21(19)30/h5-8,11-12,14-15,18H,9-10,13H2,1-4H3,(H,28,31)(H,29,32)(H2,24,25,26)/t15-,18+,36+/m1/s1. The Balaban J connectivity index is 1.76. The maximum atomic E-state index is 13.9. The SMILES string of the molecule is COC[C@H](N[P@](=O)(CO[C@H](C)Cn1cnc2c(N)ncnc21)Oc1ccc(F)cc1)C(=O)NC(C)C. The van der Waals surface area contributed by atoms with Crippen molar-refractivity contribution in [1.29, 1.82) is 0 Å². The molecule has 4 N–H and O–H groups in total. The molecule has 1 aromatic carbocycles. The van der Waals surface area contributed by atoms with E-state index in [-0.39, 0.29) is 30.6 Å². The van der Waals surface area contributed by atoms with E-state index in [2.05, 4.69) is 25.4 Å². The van der Waals surface area contributed by atoms with Crippen LogP contribution in [0.25, 0.3) is 11.2 Å². The van der Waals surface area contributed by atoms with Gasteiger partial charge < -0.3 is 29.6 Å². The van der Waals surface area contributed by atoms with E-state index >= 15 is 0 Å². The molecule has 2 heterocycles. The molecule has 3 atom stereocenters. The van der Waals surface area contributed by atoms with Gasteiger partial charge in [0.15, 0.2) is 11.5 Å². The van der Waals surface area contributed by atoms with Crippen LogP contribution in [-0.4, -0.2) is 63.7 Å². The van der Waals surface area contributed by atoms with Gasteiger partial charge in [0.1, 0.15) is 35.8 Å². The lowest BCUT2D eigenvalue weighted by molar-refractivity contribution is -0.124. The summed E-state index contributed by atoms with van der Waals surface area (Å²) >= 11 is 0. The third kappa shape index (κ3) is 7.44. The Morgan fingerprint density at radius 2 is 1.92 bits per heavy atom. The minimum absolute atomic E-state index is 0.0625. The smallest absolute Gasteiger partial charge is 0.342 e. The molecule has 0 bridgehead atoms. The first-order valence-electron chi connectivity index (χ1n) is 11.2.